The Balaban J connectivity index is 0.00000242. The molecule has 42 heavy (non-hydrogen) atoms. The highest BCUT2D eigenvalue weighted by Crippen LogP contribution is 2.34. The molecule has 1 saturated heterocycles. The summed E-state index contributed by atoms with van der Waals surface area (Å²) in [6.45, 7) is 2.91. The van der Waals surface area contributed by atoms with E-state index >= 15 is 4.39 Å². The van der Waals surface area contributed by atoms with Crippen LogP contribution < -0.4 is 10.6 Å². The van der Waals surface area contributed by atoms with Crippen LogP contribution in [0.4, 0.5) is 10.1 Å². The van der Waals surface area contributed by atoms with Crippen molar-refractivity contribution in [2.45, 2.75) is 37.6 Å². The molecule has 0 aromatic heterocycles. The fourth-order valence-electron chi connectivity index (χ4n) is 5.77. The number of fused-ring (bicyclic) bond motifs is 1. The Labute approximate surface area is 269 Å². The molecule has 0 radical (unpaired) electrons. The van der Waals surface area contributed by atoms with Crippen molar-refractivity contribution in [2.24, 2.45) is 0 Å². The summed E-state index contributed by atoms with van der Waals surface area (Å²) >= 11 is 12.7. The van der Waals surface area contributed by atoms with Crippen molar-refractivity contribution in [3.05, 3.63) is 111 Å². The normalized spacial score (nSPS) is 14.5. The third-order valence-electron chi connectivity index (χ3n) is 7.94. The van der Waals surface area contributed by atoms with Crippen molar-refractivity contribution >= 4 is 70.4 Å². The molecule has 4 aromatic carbocycles. The van der Waals surface area contributed by atoms with Gasteiger partial charge < -0.3 is 15.5 Å². The maximum absolute atomic E-state index is 15.2. The number of nitrogens with zero attached hydrogens (tertiary/aromatic N) is 1. The van der Waals surface area contributed by atoms with Crippen LogP contribution in [0, 0.1) is 5.82 Å². The quantitative estimate of drug-likeness (QED) is 0.190. The number of benzene rings is 4. The molecule has 5 rings (SSSR count). The van der Waals surface area contributed by atoms with Gasteiger partial charge in [0.05, 0.1) is 15.6 Å². The van der Waals surface area contributed by atoms with Gasteiger partial charge in [0.1, 0.15) is 5.82 Å². The van der Waals surface area contributed by atoms with Crippen molar-refractivity contribution in [1.29, 1.82) is 0 Å². The third kappa shape index (κ3) is 8.09. The first kappa shape index (κ1) is 34.0. The fraction of sp³-hybridized carbons (Fsp3) is 0.303. The average Bonchev–Trinajstić information content (AvgIpc) is 2.98. The van der Waals surface area contributed by atoms with Crippen molar-refractivity contribution in [3.8, 4) is 0 Å². The molecule has 0 saturated carbocycles. The van der Waals surface area contributed by atoms with Gasteiger partial charge >= 0.3 is 0 Å². The minimum Gasteiger partial charge on any atom is -0.382 e. The monoisotopic (exact) mass is 649 g/mol. The summed E-state index contributed by atoms with van der Waals surface area (Å²) in [4.78, 5) is 15.6. The van der Waals surface area contributed by atoms with E-state index in [1.807, 2.05) is 36.4 Å². The smallest absolute Gasteiger partial charge is 0.251 e. The molecule has 1 atom stereocenters. The second-order valence-electron chi connectivity index (χ2n) is 10.5. The Morgan fingerprint density at radius 3 is 2.26 bits per heavy atom. The molecule has 4 aromatic rings. The molecule has 1 amide bonds. The van der Waals surface area contributed by atoms with Crippen molar-refractivity contribution < 1.29 is 9.18 Å². The number of likely N-dealkylation sites (tertiary alicyclic amines) is 1. The lowest BCUT2D eigenvalue weighted by Gasteiger charge is -2.34. The van der Waals surface area contributed by atoms with Crippen LogP contribution >= 0.6 is 48.0 Å². The summed E-state index contributed by atoms with van der Waals surface area (Å²) in [5.41, 5.74) is 3.41. The summed E-state index contributed by atoms with van der Waals surface area (Å²) in [5.74, 6) is -0.509. The minimum absolute atomic E-state index is 0. The highest BCUT2D eigenvalue weighted by atomic mass is 35.5. The first-order valence-corrected chi connectivity index (χ1v) is 14.6. The number of halogens is 5. The zero-order chi connectivity index (χ0) is 28.1. The SMILES string of the molecule is CNC(=O)c1c(CC(CCN2CCC(Nc3ccccc3)CC2)c2ccc(Cl)c(Cl)c2)cc(F)c2ccccc12.Cl.Cl. The summed E-state index contributed by atoms with van der Waals surface area (Å²) in [7, 11) is 1.61. The van der Waals surface area contributed by atoms with E-state index in [9.17, 15) is 4.79 Å². The molecule has 1 unspecified atom stereocenters. The molecule has 0 bridgehead atoms. The number of nitrogens with one attached hydrogen (secondary N) is 2. The van der Waals surface area contributed by atoms with Crippen LogP contribution in [0.5, 0.6) is 0 Å². The van der Waals surface area contributed by atoms with E-state index in [0.717, 1.165) is 50.1 Å². The van der Waals surface area contributed by atoms with Gasteiger partial charge in [0.25, 0.3) is 5.91 Å². The molecule has 4 nitrogen and oxygen atoms in total. The molecule has 1 heterocycles. The number of piperidine rings is 1. The molecule has 0 spiro atoms. The molecule has 224 valence electrons. The van der Waals surface area contributed by atoms with E-state index < -0.39 is 0 Å². The standard InChI is InChI=1S/C33H34Cl2FN3O.2ClH/c1-37-33(40)32-24(21-31(36)27-9-5-6-10-28(27)32)19-23(22-11-12-29(34)30(35)20-22)13-16-39-17-14-26(15-18-39)38-25-7-3-2-4-8-25;;/h2-12,20-21,23,26,38H,13-19H2,1H3,(H,37,40);2*1H. The minimum atomic E-state index is -0.320. The van der Waals surface area contributed by atoms with E-state index in [1.54, 1.807) is 19.2 Å². The molecular formula is C33H36Cl4FN3O. The van der Waals surface area contributed by atoms with Crippen LogP contribution in [0.1, 0.15) is 46.7 Å². The lowest BCUT2D eigenvalue weighted by molar-refractivity contribution is 0.0963. The van der Waals surface area contributed by atoms with E-state index in [2.05, 4.69) is 39.8 Å². The van der Waals surface area contributed by atoms with Crippen LogP contribution in [0.2, 0.25) is 10.0 Å². The van der Waals surface area contributed by atoms with Crippen LogP contribution in [0.25, 0.3) is 10.8 Å². The van der Waals surface area contributed by atoms with E-state index in [0.29, 0.717) is 44.4 Å². The number of para-hydroxylation sites is 1. The lowest BCUT2D eigenvalue weighted by Crippen LogP contribution is -2.39. The predicted octanol–water partition coefficient (Wildman–Crippen LogP) is 8.78. The van der Waals surface area contributed by atoms with Gasteiger partial charge in [0.15, 0.2) is 0 Å². The maximum atomic E-state index is 15.2. The fourth-order valence-corrected chi connectivity index (χ4v) is 6.07. The number of hydrogen-bond acceptors (Lipinski definition) is 3. The second kappa shape index (κ2) is 15.8. The van der Waals surface area contributed by atoms with Crippen molar-refractivity contribution in [1.82, 2.24) is 10.2 Å². The van der Waals surface area contributed by atoms with Gasteiger partial charge in [0, 0.05) is 37.3 Å². The molecule has 1 aliphatic heterocycles. The summed E-state index contributed by atoms with van der Waals surface area (Å²) in [5, 5.41) is 8.47. The van der Waals surface area contributed by atoms with Crippen molar-refractivity contribution in [3.63, 3.8) is 0 Å². The van der Waals surface area contributed by atoms with E-state index in [1.165, 1.54) is 6.07 Å². The Morgan fingerprint density at radius 1 is 0.929 bits per heavy atom. The van der Waals surface area contributed by atoms with Gasteiger partial charge in [0.2, 0.25) is 0 Å². The molecule has 1 aliphatic rings. The largest absolute Gasteiger partial charge is 0.382 e. The van der Waals surface area contributed by atoms with Gasteiger partial charge in [-0.25, -0.2) is 4.39 Å². The lowest BCUT2D eigenvalue weighted by atomic mass is 9.85. The third-order valence-corrected chi connectivity index (χ3v) is 8.68. The van der Waals surface area contributed by atoms with Gasteiger partial charge in [-0.2, -0.15) is 0 Å². The Kier molecular flexibility index (Phi) is 12.8. The van der Waals surface area contributed by atoms with Gasteiger partial charge in [-0.3, -0.25) is 4.79 Å². The first-order valence-electron chi connectivity index (χ1n) is 13.8. The van der Waals surface area contributed by atoms with E-state index in [-0.39, 0.29) is 42.5 Å². The second-order valence-corrected chi connectivity index (χ2v) is 11.3. The van der Waals surface area contributed by atoms with Gasteiger partial charge in [-0.15, -0.1) is 24.8 Å². The zero-order valence-corrected chi connectivity index (χ0v) is 26.6. The van der Waals surface area contributed by atoms with Crippen LogP contribution in [-0.4, -0.2) is 43.5 Å². The first-order chi connectivity index (χ1) is 19.4. The molecular weight excluding hydrogens is 615 g/mol. The van der Waals surface area contributed by atoms with Crippen LogP contribution in [0.15, 0.2) is 78.9 Å². The Morgan fingerprint density at radius 2 is 1.60 bits per heavy atom. The number of carbonyl (C=O) groups excluding carboxylic acids is 1. The number of carbonyl (C=O) groups is 1. The topological polar surface area (TPSA) is 44.4 Å². The molecule has 2 N–H and O–H groups in total. The number of anilines is 1. The highest BCUT2D eigenvalue weighted by Gasteiger charge is 2.24. The van der Waals surface area contributed by atoms with Gasteiger partial charge in [-0.1, -0.05) is 71.7 Å². The highest BCUT2D eigenvalue weighted by molar-refractivity contribution is 6.42. The molecule has 0 aliphatic carbocycles. The van der Waals surface area contributed by atoms with Gasteiger partial charge in [-0.05, 0) is 85.0 Å². The number of rotatable bonds is 9. The number of hydrogen-bond donors (Lipinski definition) is 2. The predicted molar refractivity (Wildman–Crippen MR) is 179 cm³/mol. The maximum Gasteiger partial charge on any atom is 0.251 e. The Hall–Kier alpha value is -2.54. The van der Waals surface area contributed by atoms with E-state index in [4.69, 9.17) is 23.2 Å². The number of amides is 1. The van der Waals surface area contributed by atoms with Crippen molar-refractivity contribution in [2.75, 3.05) is 32.0 Å². The summed E-state index contributed by atoms with van der Waals surface area (Å²) < 4.78 is 15.2. The zero-order valence-electron chi connectivity index (χ0n) is 23.4. The van der Waals surface area contributed by atoms with Crippen LogP contribution in [-0.2, 0) is 6.42 Å². The van der Waals surface area contributed by atoms with Crippen LogP contribution in [0.3, 0.4) is 0 Å². The molecule has 9 heteroatoms. The Bertz CT molecular complexity index is 1480. The average molecular weight is 651 g/mol. The summed E-state index contributed by atoms with van der Waals surface area (Å²) in [6.07, 6.45) is 3.50. The summed E-state index contributed by atoms with van der Waals surface area (Å²) in [6, 6.07) is 25.2. The molecule has 1 fully saturated rings.